The lowest BCUT2D eigenvalue weighted by Crippen LogP contribution is -2.37. The van der Waals surface area contributed by atoms with Gasteiger partial charge in [0.15, 0.2) is 5.13 Å². The van der Waals surface area contributed by atoms with Crippen molar-refractivity contribution in [3.8, 4) is 0 Å². The fourth-order valence-corrected chi connectivity index (χ4v) is 3.81. The standard InChI is InChI=1S/C12H18N2O3S2/c1-2-17-11(15)4-3-10-9-18-12(13-10)14-5-7-19(16)8-6-14/h9H,2-8H2,1H3. The van der Waals surface area contributed by atoms with Crippen LogP contribution in [-0.4, -0.2) is 46.4 Å². The Hall–Kier alpha value is -0.950. The van der Waals surface area contributed by atoms with Crippen LogP contribution in [0.1, 0.15) is 19.0 Å². The molecular weight excluding hydrogens is 284 g/mol. The highest BCUT2D eigenvalue weighted by Crippen LogP contribution is 2.22. The van der Waals surface area contributed by atoms with Crippen LogP contribution in [0.25, 0.3) is 0 Å². The summed E-state index contributed by atoms with van der Waals surface area (Å²) in [7, 11) is -0.666. The molecule has 2 rings (SSSR count). The first-order valence-corrected chi connectivity index (χ1v) is 8.75. The highest BCUT2D eigenvalue weighted by Gasteiger charge is 2.18. The third-order valence-corrected chi connectivity index (χ3v) is 5.10. The number of rotatable bonds is 5. The molecule has 106 valence electrons. The number of aryl methyl sites for hydroxylation is 1. The zero-order chi connectivity index (χ0) is 13.7. The Morgan fingerprint density at radius 1 is 1.53 bits per heavy atom. The number of carbonyl (C=O) groups is 1. The second-order valence-electron chi connectivity index (χ2n) is 4.26. The van der Waals surface area contributed by atoms with Gasteiger partial charge in [0.2, 0.25) is 0 Å². The van der Waals surface area contributed by atoms with Crippen LogP contribution < -0.4 is 4.90 Å². The molecule has 0 amide bonds. The summed E-state index contributed by atoms with van der Waals surface area (Å²) in [6.07, 6.45) is 0.996. The quantitative estimate of drug-likeness (QED) is 0.765. The number of hydrogen-bond acceptors (Lipinski definition) is 6. The molecule has 0 spiro atoms. The number of thiazole rings is 1. The number of nitrogens with zero attached hydrogens (tertiary/aromatic N) is 2. The molecule has 0 saturated carbocycles. The van der Waals surface area contributed by atoms with E-state index in [4.69, 9.17) is 4.74 Å². The fourth-order valence-electron chi connectivity index (χ4n) is 1.85. The lowest BCUT2D eigenvalue weighted by molar-refractivity contribution is -0.143. The number of hydrogen-bond donors (Lipinski definition) is 0. The third-order valence-electron chi connectivity index (χ3n) is 2.88. The molecule has 1 aromatic heterocycles. The Bertz CT molecular complexity index is 452. The van der Waals surface area contributed by atoms with Crippen molar-refractivity contribution >= 4 is 33.2 Å². The Balaban J connectivity index is 1.85. The summed E-state index contributed by atoms with van der Waals surface area (Å²) >= 11 is 1.59. The molecule has 0 radical (unpaired) electrons. The maximum absolute atomic E-state index is 11.3. The van der Waals surface area contributed by atoms with E-state index < -0.39 is 10.8 Å². The monoisotopic (exact) mass is 302 g/mol. The molecule has 0 aliphatic carbocycles. The van der Waals surface area contributed by atoms with Crippen LogP contribution in [0, 0.1) is 0 Å². The number of esters is 1. The molecule has 1 aliphatic heterocycles. The highest BCUT2D eigenvalue weighted by atomic mass is 32.2. The van der Waals surface area contributed by atoms with Crippen LogP contribution in [0.4, 0.5) is 5.13 Å². The van der Waals surface area contributed by atoms with Gasteiger partial charge in [0.25, 0.3) is 0 Å². The minimum absolute atomic E-state index is 0.176. The van der Waals surface area contributed by atoms with Gasteiger partial charge in [-0.3, -0.25) is 9.00 Å². The van der Waals surface area contributed by atoms with E-state index in [2.05, 4.69) is 9.88 Å². The van der Waals surface area contributed by atoms with Crippen molar-refractivity contribution in [3.63, 3.8) is 0 Å². The molecule has 5 nitrogen and oxygen atoms in total. The van der Waals surface area contributed by atoms with Crippen molar-refractivity contribution in [1.82, 2.24) is 4.98 Å². The van der Waals surface area contributed by atoms with Gasteiger partial charge in [0.1, 0.15) is 0 Å². The van der Waals surface area contributed by atoms with E-state index in [-0.39, 0.29) is 5.97 Å². The first-order chi connectivity index (χ1) is 9.19. The van der Waals surface area contributed by atoms with E-state index in [1.807, 2.05) is 5.38 Å². The third kappa shape index (κ3) is 4.28. The summed E-state index contributed by atoms with van der Waals surface area (Å²) in [4.78, 5) is 18.0. The van der Waals surface area contributed by atoms with Crippen molar-refractivity contribution < 1.29 is 13.7 Å². The Morgan fingerprint density at radius 2 is 2.26 bits per heavy atom. The van der Waals surface area contributed by atoms with E-state index in [1.165, 1.54) is 0 Å². The molecule has 0 aromatic carbocycles. The first kappa shape index (κ1) is 14.5. The molecular formula is C12H18N2O3S2. The molecule has 1 aromatic rings. The highest BCUT2D eigenvalue weighted by molar-refractivity contribution is 7.85. The fraction of sp³-hybridized carbons (Fsp3) is 0.667. The number of carbonyl (C=O) groups excluding carboxylic acids is 1. The van der Waals surface area contributed by atoms with Crippen molar-refractivity contribution in [1.29, 1.82) is 0 Å². The Kier molecular flexibility index (Phi) is 5.33. The molecule has 0 bridgehead atoms. The molecule has 1 aliphatic rings. The van der Waals surface area contributed by atoms with Crippen molar-refractivity contribution in [2.45, 2.75) is 19.8 Å². The lowest BCUT2D eigenvalue weighted by Gasteiger charge is -2.25. The molecule has 2 heterocycles. The van der Waals surface area contributed by atoms with Crippen molar-refractivity contribution in [2.75, 3.05) is 36.1 Å². The van der Waals surface area contributed by atoms with E-state index in [1.54, 1.807) is 18.3 Å². The second-order valence-corrected chi connectivity index (χ2v) is 6.79. The van der Waals surface area contributed by atoms with Gasteiger partial charge in [-0.15, -0.1) is 11.3 Å². The van der Waals surface area contributed by atoms with E-state index in [0.29, 0.717) is 19.4 Å². The molecule has 1 fully saturated rings. The summed E-state index contributed by atoms with van der Waals surface area (Å²) in [5, 5.41) is 2.95. The number of aromatic nitrogens is 1. The van der Waals surface area contributed by atoms with Gasteiger partial charge in [-0.25, -0.2) is 4.98 Å². The maximum Gasteiger partial charge on any atom is 0.306 e. The topological polar surface area (TPSA) is 59.5 Å². The van der Waals surface area contributed by atoms with Gasteiger partial charge >= 0.3 is 5.97 Å². The van der Waals surface area contributed by atoms with Crippen LogP contribution in [0.5, 0.6) is 0 Å². The minimum atomic E-state index is -0.666. The first-order valence-electron chi connectivity index (χ1n) is 6.39. The number of anilines is 1. The molecule has 0 atom stereocenters. The average Bonchev–Trinajstić information content (AvgIpc) is 2.86. The van der Waals surface area contributed by atoms with Gasteiger partial charge in [-0.1, -0.05) is 0 Å². The summed E-state index contributed by atoms with van der Waals surface area (Å²) in [5.41, 5.74) is 0.930. The number of ether oxygens (including phenoxy) is 1. The maximum atomic E-state index is 11.3. The van der Waals surface area contributed by atoms with Gasteiger partial charge in [-0.05, 0) is 6.92 Å². The van der Waals surface area contributed by atoms with Crippen molar-refractivity contribution in [2.24, 2.45) is 0 Å². The summed E-state index contributed by atoms with van der Waals surface area (Å²) < 4.78 is 16.2. The van der Waals surface area contributed by atoms with E-state index in [0.717, 1.165) is 35.4 Å². The van der Waals surface area contributed by atoms with Crippen LogP contribution in [0.2, 0.25) is 0 Å². The van der Waals surface area contributed by atoms with Gasteiger partial charge < -0.3 is 9.64 Å². The van der Waals surface area contributed by atoms with Crippen LogP contribution in [-0.2, 0) is 26.8 Å². The van der Waals surface area contributed by atoms with Gasteiger partial charge in [0, 0.05) is 47.2 Å². The van der Waals surface area contributed by atoms with Gasteiger partial charge in [-0.2, -0.15) is 0 Å². The largest absolute Gasteiger partial charge is 0.466 e. The zero-order valence-corrected chi connectivity index (χ0v) is 12.6. The van der Waals surface area contributed by atoms with E-state index >= 15 is 0 Å². The molecule has 19 heavy (non-hydrogen) atoms. The molecule has 1 saturated heterocycles. The normalized spacial score (nSPS) is 16.6. The van der Waals surface area contributed by atoms with Gasteiger partial charge in [0.05, 0.1) is 18.7 Å². The zero-order valence-electron chi connectivity index (χ0n) is 11.0. The Labute approximate surface area is 119 Å². The second kappa shape index (κ2) is 7.00. The predicted molar refractivity (Wildman–Crippen MR) is 77.2 cm³/mol. The van der Waals surface area contributed by atoms with E-state index in [9.17, 15) is 9.00 Å². The van der Waals surface area contributed by atoms with Crippen LogP contribution in [0.15, 0.2) is 5.38 Å². The van der Waals surface area contributed by atoms with Crippen LogP contribution >= 0.6 is 11.3 Å². The molecule has 7 heteroatoms. The smallest absolute Gasteiger partial charge is 0.306 e. The minimum Gasteiger partial charge on any atom is -0.466 e. The van der Waals surface area contributed by atoms with Crippen LogP contribution in [0.3, 0.4) is 0 Å². The molecule has 0 unspecified atom stereocenters. The van der Waals surface area contributed by atoms with Crippen molar-refractivity contribution in [3.05, 3.63) is 11.1 Å². The SMILES string of the molecule is CCOC(=O)CCc1csc(N2CCS(=O)CC2)n1. The predicted octanol–water partition coefficient (Wildman–Crippen LogP) is 1.21. The molecule has 0 N–H and O–H groups in total. The summed E-state index contributed by atoms with van der Waals surface area (Å²) in [5.74, 6) is 1.26. The Morgan fingerprint density at radius 3 is 2.95 bits per heavy atom. The summed E-state index contributed by atoms with van der Waals surface area (Å²) in [6.45, 7) is 3.83. The average molecular weight is 302 g/mol. The summed E-state index contributed by atoms with van der Waals surface area (Å²) in [6, 6.07) is 0. The lowest BCUT2D eigenvalue weighted by atomic mass is 10.2.